The fourth-order valence-corrected chi connectivity index (χ4v) is 1.42. The summed E-state index contributed by atoms with van der Waals surface area (Å²) in [6.45, 7) is 7.74. The van der Waals surface area contributed by atoms with Crippen molar-refractivity contribution in [3.63, 3.8) is 0 Å². The van der Waals surface area contributed by atoms with Gasteiger partial charge in [-0.15, -0.1) is 0 Å². The second-order valence-corrected chi connectivity index (χ2v) is 4.81. The predicted molar refractivity (Wildman–Crippen MR) is 64.4 cm³/mol. The molecule has 0 bridgehead atoms. The van der Waals surface area contributed by atoms with E-state index >= 15 is 0 Å². The molecule has 0 aliphatic rings. The minimum atomic E-state index is 0.676. The van der Waals surface area contributed by atoms with Gasteiger partial charge in [-0.05, 0) is 33.8 Å². The van der Waals surface area contributed by atoms with E-state index in [4.69, 9.17) is 0 Å². The molecule has 1 atom stereocenters. The molecule has 1 aromatic heterocycles. The van der Waals surface area contributed by atoms with E-state index in [2.05, 4.69) is 47.0 Å². The van der Waals surface area contributed by atoms with Crippen LogP contribution in [0, 0.1) is 11.8 Å². The molecule has 1 N–H and O–H groups in total. The number of aromatic nitrogens is 1. The van der Waals surface area contributed by atoms with Crippen molar-refractivity contribution < 1.29 is 0 Å². The molecule has 0 amide bonds. The van der Waals surface area contributed by atoms with Crippen molar-refractivity contribution >= 4 is 21.6 Å². The summed E-state index contributed by atoms with van der Waals surface area (Å²) < 4.78 is 1.02. The van der Waals surface area contributed by atoms with Crippen molar-refractivity contribution in [1.29, 1.82) is 0 Å². The van der Waals surface area contributed by atoms with Crippen LogP contribution in [0.15, 0.2) is 22.9 Å². The number of hydrogen-bond acceptors (Lipinski definition) is 2. The van der Waals surface area contributed by atoms with Gasteiger partial charge in [-0.2, -0.15) is 0 Å². The molecule has 1 aromatic rings. The monoisotopic (exact) mass is 256 g/mol. The zero-order valence-corrected chi connectivity index (χ0v) is 10.5. The van der Waals surface area contributed by atoms with E-state index in [1.807, 2.05) is 12.3 Å². The second kappa shape index (κ2) is 5.35. The highest BCUT2D eigenvalue weighted by molar-refractivity contribution is 9.10. The summed E-state index contributed by atoms with van der Waals surface area (Å²) in [4.78, 5) is 4.02. The minimum absolute atomic E-state index is 0.676. The van der Waals surface area contributed by atoms with Gasteiger partial charge in [-0.25, -0.2) is 0 Å². The summed E-state index contributed by atoms with van der Waals surface area (Å²) in [5, 5.41) is 3.41. The van der Waals surface area contributed by atoms with Crippen molar-refractivity contribution in [3.8, 4) is 0 Å². The molecule has 1 unspecified atom stereocenters. The first-order valence-electron chi connectivity index (χ1n) is 4.94. The highest BCUT2D eigenvalue weighted by Gasteiger charge is 2.07. The summed E-state index contributed by atoms with van der Waals surface area (Å²) in [7, 11) is 0. The Bertz CT molecular complexity index is 286. The lowest BCUT2D eigenvalue weighted by Crippen LogP contribution is -2.16. The number of rotatable bonds is 4. The lowest BCUT2D eigenvalue weighted by atomic mass is 9.98. The van der Waals surface area contributed by atoms with Crippen LogP contribution in [-0.2, 0) is 0 Å². The van der Waals surface area contributed by atoms with E-state index in [-0.39, 0.29) is 0 Å². The van der Waals surface area contributed by atoms with Gasteiger partial charge in [-0.3, -0.25) is 4.98 Å². The molecule has 1 heterocycles. The lowest BCUT2D eigenvalue weighted by molar-refractivity contribution is 0.439. The second-order valence-electron chi connectivity index (χ2n) is 3.96. The molecule has 1 rings (SSSR count). The molecular weight excluding hydrogens is 240 g/mol. The quantitative estimate of drug-likeness (QED) is 0.892. The largest absolute Gasteiger partial charge is 0.384 e. The molecule has 14 heavy (non-hydrogen) atoms. The van der Waals surface area contributed by atoms with Gasteiger partial charge in [0, 0.05) is 18.9 Å². The molecule has 0 aliphatic carbocycles. The Hall–Kier alpha value is -0.570. The highest BCUT2D eigenvalue weighted by Crippen LogP contribution is 2.21. The smallest absolute Gasteiger partial charge is 0.0590 e. The first-order chi connectivity index (χ1) is 6.61. The van der Waals surface area contributed by atoms with E-state index in [0.717, 1.165) is 16.7 Å². The van der Waals surface area contributed by atoms with Crippen LogP contribution >= 0.6 is 15.9 Å². The van der Waals surface area contributed by atoms with E-state index < -0.39 is 0 Å². The molecule has 78 valence electrons. The number of hydrogen-bond donors (Lipinski definition) is 1. The minimum Gasteiger partial charge on any atom is -0.384 e. The third-order valence-corrected chi connectivity index (χ3v) is 3.16. The summed E-state index contributed by atoms with van der Waals surface area (Å²) in [5.74, 6) is 1.39. The van der Waals surface area contributed by atoms with Gasteiger partial charge < -0.3 is 5.32 Å². The van der Waals surface area contributed by atoms with Crippen LogP contribution < -0.4 is 5.32 Å². The summed E-state index contributed by atoms with van der Waals surface area (Å²) in [6, 6.07) is 1.98. The van der Waals surface area contributed by atoms with Gasteiger partial charge in [0.1, 0.15) is 0 Å². The van der Waals surface area contributed by atoms with Crippen molar-refractivity contribution in [1.82, 2.24) is 4.98 Å². The number of pyridine rings is 1. The average molecular weight is 257 g/mol. The Morgan fingerprint density at radius 1 is 1.43 bits per heavy atom. The van der Waals surface area contributed by atoms with E-state index in [1.54, 1.807) is 6.20 Å². The number of nitrogens with one attached hydrogen (secondary N) is 1. The van der Waals surface area contributed by atoms with Gasteiger partial charge in [0.15, 0.2) is 0 Å². The molecule has 0 radical (unpaired) electrons. The number of anilines is 1. The van der Waals surface area contributed by atoms with Crippen LogP contribution in [0.3, 0.4) is 0 Å². The molecule has 0 saturated carbocycles. The third-order valence-electron chi connectivity index (χ3n) is 2.53. The average Bonchev–Trinajstić information content (AvgIpc) is 2.16. The maximum Gasteiger partial charge on any atom is 0.0590 e. The van der Waals surface area contributed by atoms with Gasteiger partial charge in [0.2, 0.25) is 0 Å². The maximum absolute atomic E-state index is 4.02. The highest BCUT2D eigenvalue weighted by atomic mass is 79.9. The van der Waals surface area contributed by atoms with E-state index in [9.17, 15) is 0 Å². The molecule has 0 fully saturated rings. The van der Waals surface area contributed by atoms with Crippen molar-refractivity contribution in [2.24, 2.45) is 11.8 Å². The summed E-state index contributed by atoms with van der Waals surface area (Å²) in [6.07, 6.45) is 3.61. The van der Waals surface area contributed by atoms with Crippen LogP contribution in [0.5, 0.6) is 0 Å². The predicted octanol–water partition coefficient (Wildman–Crippen LogP) is 3.55. The fourth-order valence-electron chi connectivity index (χ4n) is 1.03. The van der Waals surface area contributed by atoms with Gasteiger partial charge in [-0.1, -0.05) is 20.8 Å². The SMILES string of the molecule is CC(C)C(C)CNc1ccncc1Br. The first-order valence-corrected chi connectivity index (χ1v) is 5.74. The van der Waals surface area contributed by atoms with Gasteiger partial charge in [0.05, 0.1) is 10.2 Å². The number of nitrogens with zero attached hydrogens (tertiary/aromatic N) is 1. The zero-order valence-electron chi connectivity index (χ0n) is 8.92. The Kier molecular flexibility index (Phi) is 4.39. The Morgan fingerprint density at radius 2 is 2.14 bits per heavy atom. The zero-order chi connectivity index (χ0) is 10.6. The molecule has 0 saturated heterocycles. The van der Waals surface area contributed by atoms with Crippen LogP contribution in [0.2, 0.25) is 0 Å². The normalized spacial score (nSPS) is 12.9. The Labute approximate surface area is 94.3 Å². The molecule has 0 aromatic carbocycles. The van der Waals surface area contributed by atoms with Gasteiger partial charge >= 0.3 is 0 Å². The van der Waals surface area contributed by atoms with E-state index in [0.29, 0.717) is 11.8 Å². The fraction of sp³-hybridized carbons (Fsp3) is 0.545. The van der Waals surface area contributed by atoms with Crippen molar-refractivity contribution in [2.75, 3.05) is 11.9 Å². The first kappa shape index (κ1) is 11.5. The Morgan fingerprint density at radius 3 is 2.71 bits per heavy atom. The Balaban J connectivity index is 2.50. The van der Waals surface area contributed by atoms with Crippen molar-refractivity contribution in [3.05, 3.63) is 22.9 Å². The summed E-state index contributed by atoms with van der Waals surface area (Å²) >= 11 is 3.46. The van der Waals surface area contributed by atoms with E-state index in [1.165, 1.54) is 0 Å². The van der Waals surface area contributed by atoms with Crippen LogP contribution in [0.1, 0.15) is 20.8 Å². The lowest BCUT2D eigenvalue weighted by Gasteiger charge is -2.17. The molecule has 2 nitrogen and oxygen atoms in total. The molecule has 0 aliphatic heterocycles. The van der Waals surface area contributed by atoms with Crippen LogP contribution in [0.4, 0.5) is 5.69 Å². The van der Waals surface area contributed by atoms with Gasteiger partial charge in [0.25, 0.3) is 0 Å². The molecule has 3 heteroatoms. The molecule has 0 spiro atoms. The standard InChI is InChI=1S/C11H17BrN2/c1-8(2)9(3)6-14-11-4-5-13-7-10(11)12/h4-5,7-9H,6H2,1-3H3,(H,13,14). The van der Waals surface area contributed by atoms with Crippen LogP contribution in [-0.4, -0.2) is 11.5 Å². The van der Waals surface area contributed by atoms with Crippen molar-refractivity contribution in [2.45, 2.75) is 20.8 Å². The summed E-state index contributed by atoms with van der Waals surface area (Å²) in [5.41, 5.74) is 1.12. The maximum atomic E-state index is 4.02. The topological polar surface area (TPSA) is 24.9 Å². The third kappa shape index (κ3) is 3.29. The number of halogens is 1. The molecular formula is C11H17BrN2. The van der Waals surface area contributed by atoms with Crippen LogP contribution in [0.25, 0.3) is 0 Å².